The largest absolute Gasteiger partial charge is 0.465 e. The molecule has 0 fully saturated rings. The first-order valence-electron chi connectivity index (χ1n) is 8.85. The molecule has 0 aliphatic carbocycles. The molecule has 1 rings (SSSR count). The Balaban J connectivity index is 3.30. The first kappa shape index (κ1) is 20.9. The normalized spacial score (nSPS) is 13.2. The van der Waals surface area contributed by atoms with E-state index in [9.17, 15) is 14.4 Å². The lowest BCUT2D eigenvalue weighted by Gasteiger charge is -2.31. The zero-order valence-electron chi connectivity index (χ0n) is 15.5. The first-order valence-corrected chi connectivity index (χ1v) is 8.85. The van der Waals surface area contributed by atoms with Gasteiger partial charge >= 0.3 is 11.9 Å². The Kier molecular flexibility index (Phi) is 8.32. The van der Waals surface area contributed by atoms with E-state index < -0.39 is 29.1 Å². The number of hydrogen-bond donors (Lipinski definition) is 0. The number of benzene rings is 1. The monoisotopic (exact) mass is 348 g/mol. The van der Waals surface area contributed by atoms with Crippen molar-refractivity contribution in [1.82, 2.24) is 0 Å². The van der Waals surface area contributed by atoms with Crippen LogP contribution in [0.5, 0.6) is 0 Å². The molecule has 5 nitrogen and oxygen atoms in total. The number of rotatable bonds is 10. The van der Waals surface area contributed by atoms with Crippen molar-refractivity contribution in [1.29, 1.82) is 0 Å². The van der Waals surface area contributed by atoms with E-state index >= 15 is 0 Å². The number of carbonyl (C=O) groups excluding carboxylic acids is 3. The highest BCUT2D eigenvalue weighted by Crippen LogP contribution is 2.34. The molecule has 0 saturated heterocycles. The molecule has 0 spiro atoms. The van der Waals surface area contributed by atoms with Crippen LogP contribution in [0.1, 0.15) is 52.5 Å². The van der Waals surface area contributed by atoms with Crippen molar-refractivity contribution in [2.24, 2.45) is 5.92 Å². The van der Waals surface area contributed by atoms with Crippen LogP contribution >= 0.6 is 0 Å². The number of ketones is 1. The fourth-order valence-electron chi connectivity index (χ4n) is 2.83. The van der Waals surface area contributed by atoms with E-state index in [-0.39, 0.29) is 13.2 Å². The third kappa shape index (κ3) is 5.15. The maximum Gasteiger partial charge on any atom is 0.328 e. The smallest absolute Gasteiger partial charge is 0.328 e. The molecule has 0 radical (unpaired) electrons. The van der Waals surface area contributed by atoms with E-state index in [1.54, 1.807) is 20.8 Å². The van der Waals surface area contributed by atoms with Crippen LogP contribution in [0.2, 0.25) is 0 Å². The van der Waals surface area contributed by atoms with Crippen LogP contribution in [0.25, 0.3) is 0 Å². The van der Waals surface area contributed by atoms with E-state index in [4.69, 9.17) is 9.47 Å². The third-order valence-electron chi connectivity index (χ3n) is 4.29. The third-order valence-corrected chi connectivity index (χ3v) is 4.29. The Labute approximate surface area is 149 Å². The van der Waals surface area contributed by atoms with Gasteiger partial charge in [-0.3, -0.25) is 14.4 Å². The zero-order chi connectivity index (χ0) is 18.9. The van der Waals surface area contributed by atoms with E-state index in [1.165, 1.54) is 0 Å². The molecule has 0 saturated carbocycles. The molecule has 138 valence electrons. The summed E-state index contributed by atoms with van der Waals surface area (Å²) < 4.78 is 9.94. The van der Waals surface area contributed by atoms with Gasteiger partial charge in [-0.15, -0.1) is 0 Å². The van der Waals surface area contributed by atoms with Gasteiger partial charge in [0.15, 0.2) is 5.78 Å². The maximum atomic E-state index is 13.3. The van der Waals surface area contributed by atoms with Crippen LogP contribution in [-0.2, 0) is 29.3 Å². The number of carbonyl (C=O) groups is 3. The lowest BCUT2D eigenvalue weighted by Crippen LogP contribution is -2.45. The molecule has 0 bridgehead atoms. The summed E-state index contributed by atoms with van der Waals surface area (Å²) >= 11 is 0. The van der Waals surface area contributed by atoms with Gasteiger partial charge in [0, 0.05) is 0 Å². The molecule has 0 aliphatic heterocycles. The summed E-state index contributed by atoms with van der Waals surface area (Å²) in [5.74, 6) is -3.71. The molecule has 0 heterocycles. The minimum Gasteiger partial charge on any atom is -0.465 e. The minimum atomic E-state index is -1.55. The summed E-state index contributed by atoms with van der Waals surface area (Å²) in [6.45, 7) is 7.28. The summed E-state index contributed by atoms with van der Waals surface area (Å²) in [6.07, 6.45) is 2.25. The quantitative estimate of drug-likeness (QED) is 0.478. The molecule has 25 heavy (non-hydrogen) atoms. The Bertz CT molecular complexity index is 563. The van der Waals surface area contributed by atoms with Gasteiger partial charge in [-0.2, -0.15) is 0 Å². The number of hydrogen-bond acceptors (Lipinski definition) is 5. The molecule has 0 N–H and O–H groups in total. The number of ether oxygens (including phenoxy) is 2. The van der Waals surface area contributed by atoms with Gasteiger partial charge in [0.1, 0.15) is 0 Å². The molecule has 1 atom stereocenters. The van der Waals surface area contributed by atoms with Crippen molar-refractivity contribution >= 4 is 17.7 Å². The van der Waals surface area contributed by atoms with Crippen molar-refractivity contribution in [3.05, 3.63) is 35.9 Å². The van der Waals surface area contributed by atoms with Crippen LogP contribution in [0.3, 0.4) is 0 Å². The van der Waals surface area contributed by atoms with Gasteiger partial charge in [0.2, 0.25) is 5.92 Å². The molecular formula is C20H28O5. The average molecular weight is 348 g/mol. The fourth-order valence-corrected chi connectivity index (χ4v) is 2.83. The number of esters is 2. The second kappa shape index (κ2) is 9.97. The predicted molar refractivity (Wildman–Crippen MR) is 95.1 cm³/mol. The van der Waals surface area contributed by atoms with Crippen LogP contribution in [0.4, 0.5) is 0 Å². The summed E-state index contributed by atoms with van der Waals surface area (Å²) in [4.78, 5) is 37.9. The fraction of sp³-hybridized carbons (Fsp3) is 0.550. The molecule has 0 aliphatic rings. The van der Waals surface area contributed by atoms with Crippen molar-refractivity contribution < 1.29 is 23.9 Å². The molecule has 0 amide bonds. The predicted octanol–water partition coefficient (Wildman–Crippen LogP) is 3.45. The Morgan fingerprint density at radius 2 is 1.48 bits per heavy atom. The summed E-state index contributed by atoms with van der Waals surface area (Å²) in [7, 11) is 0. The molecule has 1 aromatic carbocycles. The highest BCUT2D eigenvalue weighted by atomic mass is 16.6. The topological polar surface area (TPSA) is 69.7 Å². The maximum absolute atomic E-state index is 13.3. The van der Waals surface area contributed by atoms with Crippen LogP contribution in [0, 0.1) is 5.92 Å². The van der Waals surface area contributed by atoms with Crippen molar-refractivity contribution in [2.45, 2.75) is 52.4 Å². The summed E-state index contributed by atoms with van der Waals surface area (Å²) in [5, 5.41) is 0. The van der Waals surface area contributed by atoms with Crippen LogP contribution < -0.4 is 0 Å². The van der Waals surface area contributed by atoms with Gasteiger partial charge < -0.3 is 9.47 Å². The lowest BCUT2D eigenvalue weighted by atomic mass is 9.71. The van der Waals surface area contributed by atoms with Gasteiger partial charge in [-0.25, -0.2) is 0 Å². The van der Waals surface area contributed by atoms with Crippen LogP contribution in [0.15, 0.2) is 30.3 Å². The first-order chi connectivity index (χ1) is 11.9. The molecule has 0 aromatic heterocycles. The highest BCUT2D eigenvalue weighted by Gasteiger charge is 2.46. The average Bonchev–Trinajstić information content (AvgIpc) is 2.61. The van der Waals surface area contributed by atoms with Gasteiger partial charge in [0.05, 0.1) is 18.6 Å². The second-order valence-corrected chi connectivity index (χ2v) is 6.10. The summed E-state index contributed by atoms with van der Waals surface area (Å²) in [5.41, 5.74) is -0.173. The Hall–Kier alpha value is -2.17. The highest BCUT2D eigenvalue weighted by molar-refractivity contribution is 6.18. The van der Waals surface area contributed by atoms with E-state index in [0.29, 0.717) is 6.42 Å². The molecular weight excluding hydrogens is 320 g/mol. The van der Waals surface area contributed by atoms with E-state index in [0.717, 1.165) is 18.4 Å². The van der Waals surface area contributed by atoms with Gasteiger partial charge in [0.25, 0.3) is 0 Å². The molecule has 5 heteroatoms. The van der Waals surface area contributed by atoms with E-state index in [2.05, 4.69) is 0 Å². The SMILES string of the molecule is CCCCC(C)(C(=O)C(C(=O)OCC)C(=O)OCC)c1ccccc1. The minimum absolute atomic E-state index is 0.0963. The molecule has 1 aromatic rings. The van der Waals surface area contributed by atoms with Crippen molar-refractivity contribution in [2.75, 3.05) is 13.2 Å². The summed E-state index contributed by atoms with van der Waals surface area (Å²) in [6, 6.07) is 9.25. The van der Waals surface area contributed by atoms with Crippen molar-refractivity contribution in [3.8, 4) is 0 Å². The molecule has 1 unspecified atom stereocenters. The second-order valence-electron chi connectivity index (χ2n) is 6.10. The Morgan fingerprint density at radius 3 is 1.92 bits per heavy atom. The standard InChI is InChI=1S/C20H28O5/c1-5-8-14-20(4,15-12-10-9-11-13-15)17(21)16(18(22)24-6-2)19(23)25-7-3/h9-13,16H,5-8,14H2,1-4H3. The van der Waals surface area contributed by atoms with E-state index in [1.807, 2.05) is 37.3 Å². The van der Waals surface area contributed by atoms with Crippen molar-refractivity contribution in [3.63, 3.8) is 0 Å². The zero-order valence-corrected chi connectivity index (χ0v) is 15.5. The number of unbranched alkanes of at least 4 members (excludes halogenated alkanes) is 1. The van der Waals surface area contributed by atoms with Crippen LogP contribution in [-0.4, -0.2) is 30.9 Å². The van der Waals surface area contributed by atoms with Gasteiger partial charge in [-0.1, -0.05) is 50.1 Å². The van der Waals surface area contributed by atoms with Gasteiger partial charge in [-0.05, 0) is 32.8 Å². The Morgan fingerprint density at radius 1 is 0.960 bits per heavy atom. The number of Topliss-reactive ketones (excluding diaryl/α,β-unsaturated/α-hetero) is 1. The lowest BCUT2D eigenvalue weighted by molar-refractivity contribution is -0.165.